The lowest BCUT2D eigenvalue weighted by Crippen LogP contribution is -1.99. The molecule has 3 N–H and O–H groups in total. The van der Waals surface area contributed by atoms with Gasteiger partial charge in [0.15, 0.2) is 0 Å². The van der Waals surface area contributed by atoms with Gasteiger partial charge in [-0.25, -0.2) is 0 Å². The Hall–Kier alpha value is -2.58. The summed E-state index contributed by atoms with van der Waals surface area (Å²) in [5.41, 5.74) is 8.19. The number of nitriles is 1. The summed E-state index contributed by atoms with van der Waals surface area (Å²) < 4.78 is 10.5. The first-order chi connectivity index (χ1) is 10.1. The number of methoxy groups -OCH3 is 2. The molecular formula is C15H14ClN3O2. The first kappa shape index (κ1) is 14.8. The molecule has 0 heterocycles. The molecule has 0 saturated carbocycles. The van der Waals surface area contributed by atoms with Gasteiger partial charge in [0.1, 0.15) is 11.5 Å². The Bertz CT molecular complexity index is 711. The Morgan fingerprint density at radius 3 is 2.38 bits per heavy atom. The average Bonchev–Trinajstić information content (AvgIpc) is 2.49. The minimum atomic E-state index is 0.452. The zero-order valence-electron chi connectivity index (χ0n) is 11.6. The molecule has 0 spiro atoms. The zero-order valence-corrected chi connectivity index (χ0v) is 12.4. The highest BCUT2D eigenvalue weighted by molar-refractivity contribution is 6.32. The number of benzene rings is 2. The number of nitrogen functional groups attached to an aromatic ring is 1. The van der Waals surface area contributed by atoms with Gasteiger partial charge in [0, 0.05) is 6.07 Å². The molecule has 0 aliphatic heterocycles. The van der Waals surface area contributed by atoms with Gasteiger partial charge >= 0.3 is 0 Å². The van der Waals surface area contributed by atoms with E-state index in [-0.39, 0.29) is 0 Å². The van der Waals surface area contributed by atoms with E-state index in [1.54, 1.807) is 37.4 Å². The van der Waals surface area contributed by atoms with Crippen molar-refractivity contribution >= 4 is 28.7 Å². The number of rotatable bonds is 4. The number of hydrogen-bond acceptors (Lipinski definition) is 5. The molecule has 0 aliphatic carbocycles. The van der Waals surface area contributed by atoms with Crippen LogP contribution in [-0.4, -0.2) is 14.2 Å². The number of hydrogen-bond donors (Lipinski definition) is 2. The fourth-order valence-electron chi connectivity index (χ4n) is 1.85. The van der Waals surface area contributed by atoms with Crippen LogP contribution in [0.25, 0.3) is 0 Å². The second kappa shape index (κ2) is 6.25. The van der Waals surface area contributed by atoms with E-state index in [4.69, 9.17) is 32.1 Å². The van der Waals surface area contributed by atoms with Crippen molar-refractivity contribution in [3.63, 3.8) is 0 Å². The predicted molar refractivity (Wildman–Crippen MR) is 83.4 cm³/mol. The molecule has 2 aromatic rings. The SMILES string of the molecule is COc1cc(OC)c(Nc2ccc(C#N)cc2N)cc1Cl. The number of nitrogens with two attached hydrogens (primary N) is 1. The molecule has 0 aliphatic rings. The molecule has 0 unspecified atom stereocenters. The van der Waals surface area contributed by atoms with Gasteiger partial charge in [-0.3, -0.25) is 0 Å². The third-order valence-corrected chi connectivity index (χ3v) is 3.22. The lowest BCUT2D eigenvalue weighted by Gasteiger charge is -2.15. The predicted octanol–water partition coefficient (Wildman–Crippen LogP) is 3.55. The van der Waals surface area contributed by atoms with Crippen molar-refractivity contribution < 1.29 is 9.47 Å². The van der Waals surface area contributed by atoms with Gasteiger partial charge < -0.3 is 20.5 Å². The smallest absolute Gasteiger partial charge is 0.146 e. The number of halogens is 1. The Morgan fingerprint density at radius 2 is 1.81 bits per heavy atom. The monoisotopic (exact) mass is 303 g/mol. The van der Waals surface area contributed by atoms with Gasteiger partial charge in [0.25, 0.3) is 0 Å². The molecule has 6 heteroatoms. The van der Waals surface area contributed by atoms with Gasteiger partial charge in [-0.2, -0.15) is 5.26 Å². The van der Waals surface area contributed by atoms with Crippen molar-refractivity contribution in [2.75, 3.05) is 25.3 Å². The van der Waals surface area contributed by atoms with Crippen LogP contribution in [0.3, 0.4) is 0 Å². The van der Waals surface area contributed by atoms with Gasteiger partial charge in [0.2, 0.25) is 0 Å². The highest BCUT2D eigenvalue weighted by Crippen LogP contribution is 2.38. The van der Waals surface area contributed by atoms with Gasteiger partial charge in [-0.05, 0) is 24.3 Å². The highest BCUT2D eigenvalue weighted by atomic mass is 35.5. The normalized spacial score (nSPS) is 9.81. The summed E-state index contributed by atoms with van der Waals surface area (Å²) in [5.74, 6) is 1.09. The van der Waals surface area contributed by atoms with Crippen LogP contribution in [0.4, 0.5) is 17.1 Å². The van der Waals surface area contributed by atoms with Crippen LogP contribution in [0.2, 0.25) is 5.02 Å². The third kappa shape index (κ3) is 3.12. The summed E-state index contributed by atoms with van der Waals surface area (Å²) >= 11 is 6.12. The number of nitrogens with one attached hydrogen (secondary N) is 1. The molecule has 0 amide bonds. The summed E-state index contributed by atoms with van der Waals surface area (Å²) in [4.78, 5) is 0. The largest absolute Gasteiger partial charge is 0.495 e. The fourth-order valence-corrected chi connectivity index (χ4v) is 2.09. The maximum Gasteiger partial charge on any atom is 0.146 e. The quantitative estimate of drug-likeness (QED) is 0.844. The lowest BCUT2D eigenvalue weighted by atomic mass is 10.1. The number of anilines is 3. The summed E-state index contributed by atoms with van der Waals surface area (Å²) in [6, 6.07) is 10.4. The van der Waals surface area contributed by atoms with Crippen molar-refractivity contribution in [2.24, 2.45) is 0 Å². The van der Waals surface area contributed by atoms with Crippen LogP contribution < -0.4 is 20.5 Å². The molecular weight excluding hydrogens is 290 g/mol. The number of ether oxygens (including phenoxy) is 2. The first-order valence-corrected chi connectivity index (χ1v) is 6.45. The van der Waals surface area contributed by atoms with Crippen LogP contribution in [0, 0.1) is 11.3 Å². The third-order valence-electron chi connectivity index (χ3n) is 2.92. The molecule has 108 valence electrons. The Kier molecular flexibility index (Phi) is 4.41. The van der Waals surface area contributed by atoms with E-state index in [2.05, 4.69) is 5.32 Å². The Morgan fingerprint density at radius 1 is 1.10 bits per heavy atom. The van der Waals surface area contributed by atoms with E-state index in [1.807, 2.05) is 6.07 Å². The van der Waals surface area contributed by atoms with Crippen LogP contribution >= 0.6 is 11.6 Å². The van der Waals surface area contributed by atoms with Crippen LogP contribution in [0.15, 0.2) is 30.3 Å². The molecule has 5 nitrogen and oxygen atoms in total. The van der Waals surface area contributed by atoms with E-state index in [9.17, 15) is 0 Å². The maximum absolute atomic E-state index is 8.84. The minimum Gasteiger partial charge on any atom is -0.495 e. The molecule has 0 atom stereocenters. The van der Waals surface area contributed by atoms with Gasteiger partial charge in [-0.15, -0.1) is 0 Å². The average molecular weight is 304 g/mol. The van der Waals surface area contributed by atoms with Crippen molar-refractivity contribution in [1.29, 1.82) is 5.26 Å². The fraction of sp³-hybridized carbons (Fsp3) is 0.133. The Labute approximate surface area is 127 Å². The van der Waals surface area contributed by atoms with E-state index >= 15 is 0 Å². The van der Waals surface area contributed by atoms with E-state index in [0.29, 0.717) is 39.1 Å². The molecule has 0 bridgehead atoms. The molecule has 2 rings (SSSR count). The summed E-state index contributed by atoms with van der Waals surface area (Å²) in [5, 5.41) is 12.4. The van der Waals surface area contributed by atoms with Crippen molar-refractivity contribution in [3.05, 3.63) is 40.9 Å². The van der Waals surface area contributed by atoms with Crippen LogP contribution in [0.5, 0.6) is 11.5 Å². The van der Waals surface area contributed by atoms with Gasteiger partial charge in [-0.1, -0.05) is 11.6 Å². The van der Waals surface area contributed by atoms with Crippen molar-refractivity contribution in [1.82, 2.24) is 0 Å². The topological polar surface area (TPSA) is 80.3 Å². The van der Waals surface area contributed by atoms with Gasteiger partial charge in [0.05, 0.1) is 47.9 Å². The molecule has 21 heavy (non-hydrogen) atoms. The van der Waals surface area contributed by atoms with Crippen molar-refractivity contribution in [3.8, 4) is 17.6 Å². The van der Waals surface area contributed by atoms with Crippen LogP contribution in [-0.2, 0) is 0 Å². The summed E-state index contributed by atoms with van der Waals surface area (Å²) in [6.45, 7) is 0. The molecule has 2 aromatic carbocycles. The van der Waals surface area contributed by atoms with Crippen LogP contribution in [0.1, 0.15) is 5.56 Å². The molecule has 0 radical (unpaired) electrons. The standard InChI is InChI=1S/C15H14ClN3O2/c1-20-14-7-15(21-2)13(6-10(14)16)19-12-4-3-9(8-17)5-11(12)18/h3-7,19H,18H2,1-2H3. The second-order valence-corrected chi connectivity index (χ2v) is 4.63. The Balaban J connectivity index is 2.40. The maximum atomic E-state index is 8.84. The molecule has 0 aromatic heterocycles. The zero-order chi connectivity index (χ0) is 15.4. The molecule has 0 saturated heterocycles. The van der Waals surface area contributed by atoms with E-state index < -0.39 is 0 Å². The minimum absolute atomic E-state index is 0.452. The van der Waals surface area contributed by atoms with Crippen molar-refractivity contribution in [2.45, 2.75) is 0 Å². The molecule has 0 fully saturated rings. The summed E-state index contributed by atoms with van der Waals surface area (Å²) in [7, 11) is 3.09. The number of nitrogens with zero attached hydrogens (tertiary/aromatic N) is 1. The second-order valence-electron chi connectivity index (χ2n) is 4.23. The van der Waals surface area contributed by atoms with E-state index in [0.717, 1.165) is 0 Å². The first-order valence-electron chi connectivity index (χ1n) is 6.07. The highest BCUT2D eigenvalue weighted by Gasteiger charge is 2.11. The lowest BCUT2D eigenvalue weighted by molar-refractivity contribution is 0.396. The van der Waals surface area contributed by atoms with E-state index in [1.165, 1.54) is 7.11 Å². The summed E-state index contributed by atoms with van der Waals surface area (Å²) in [6.07, 6.45) is 0.